The van der Waals surface area contributed by atoms with Gasteiger partial charge in [-0.05, 0) is 19.0 Å². The molecule has 1 aromatic rings. The number of benzene rings is 1. The highest BCUT2D eigenvalue weighted by atomic mass is 16.3. The number of hydrogen-bond donors (Lipinski definition) is 3. The molecule has 78 valence electrons. The molecule has 0 spiro atoms. The summed E-state index contributed by atoms with van der Waals surface area (Å²) in [6.07, 6.45) is 0.226. The van der Waals surface area contributed by atoms with Gasteiger partial charge in [-0.1, -0.05) is 30.3 Å². The third-order valence-corrected chi connectivity index (χ3v) is 2.22. The average molecular weight is 194 g/mol. The van der Waals surface area contributed by atoms with E-state index in [1.165, 1.54) is 0 Å². The molecule has 0 radical (unpaired) electrons. The van der Waals surface area contributed by atoms with E-state index in [0.717, 1.165) is 5.56 Å². The van der Waals surface area contributed by atoms with Crippen molar-refractivity contribution < 1.29 is 5.11 Å². The normalized spacial score (nSPS) is 15.1. The average Bonchev–Trinajstić information content (AvgIpc) is 2.19. The smallest absolute Gasteiger partial charge is 0.0818 e. The van der Waals surface area contributed by atoms with E-state index in [0.29, 0.717) is 13.0 Å². The minimum absolute atomic E-state index is 0.204. The van der Waals surface area contributed by atoms with E-state index < -0.39 is 6.10 Å². The number of aliphatic hydroxyl groups is 1. The lowest BCUT2D eigenvalue weighted by molar-refractivity contribution is 0.144. The van der Waals surface area contributed by atoms with Crippen LogP contribution in [0.5, 0.6) is 0 Å². The van der Waals surface area contributed by atoms with E-state index in [-0.39, 0.29) is 6.04 Å². The third-order valence-electron chi connectivity index (χ3n) is 2.22. The van der Waals surface area contributed by atoms with Crippen molar-refractivity contribution in [1.82, 2.24) is 5.32 Å². The second-order valence-electron chi connectivity index (χ2n) is 3.48. The number of aliphatic hydroxyl groups excluding tert-OH is 1. The molecule has 14 heavy (non-hydrogen) atoms. The third kappa shape index (κ3) is 3.46. The van der Waals surface area contributed by atoms with Crippen molar-refractivity contribution in [3.63, 3.8) is 0 Å². The molecular weight excluding hydrogens is 176 g/mol. The molecule has 0 aromatic heterocycles. The van der Waals surface area contributed by atoms with E-state index >= 15 is 0 Å². The molecule has 3 nitrogen and oxygen atoms in total. The largest absolute Gasteiger partial charge is 0.390 e. The van der Waals surface area contributed by atoms with Crippen molar-refractivity contribution in [2.45, 2.75) is 18.6 Å². The lowest BCUT2D eigenvalue weighted by atomic mass is 10.0. The van der Waals surface area contributed by atoms with Crippen molar-refractivity contribution in [2.24, 2.45) is 5.73 Å². The van der Waals surface area contributed by atoms with Crippen LogP contribution in [0.15, 0.2) is 30.3 Å². The molecular formula is C11H18N2O. The van der Waals surface area contributed by atoms with Crippen molar-refractivity contribution in [1.29, 1.82) is 0 Å². The minimum Gasteiger partial charge on any atom is -0.390 e. The molecule has 0 saturated carbocycles. The maximum atomic E-state index is 9.59. The van der Waals surface area contributed by atoms with Crippen LogP contribution in [0.1, 0.15) is 5.56 Å². The first kappa shape index (κ1) is 11.2. The molecule has 2 atom stereocenters. The van der Waals surface area contributed by atoms with Crippen LogP contribution in [0.25, 0.3) is 0 Å². The fraction of sp³-hybridized carbons (Fsp3) is 0.455. The van der Waals surface area contributed by atoms with Gasteiger partial charge in [-0.15, -0.1) is 0 Å². The summed E-state index contributed by atoms with van der Waals surface area (Å²) in [5, 5.41) is 12.5. The second kappa shape index (κ2) is 5.75. The highest BCUT2D eigenvalue weighted by Gasteiger charge is 2.13. The Morgan fingerprint density at radius 3 is 2.57 bits per heavy atom. The molecule has 0 aliphatic heterocycles. The van der Waals surface area contributed by atoms with Gasteiger partial charge in [-0.25, -0.2) is 0 Å². The fourth-order valence-corrected chi connectivity index (χ4v) is 1.38. The lowest BCUT2D eigenvalue weighted by Crippen LogP contribution is -2.42. The monoisotopic (exact) mass is 194 g/mol. The molecule has 0 bridgehead atoms. The maximum Gasteiger partial charge on any atom is 0.0818 e. The molecule has 0 fully saturated rings. The molecule has 1 rings (SSSR count). The molecule has 0 amide bonds. The van der Waals surface area contributed by atoms with Gasteiger partial charge in [0.05, 0.1) is 6.10 Å². The molecule has 0 aliphatic carbocycles. The topological polar surface area (TPSA) is 58.3 Å². The summed E-state index contributed by atoms with van der Waals surface area (Å²) in [4.78, 5) is 0. The van der Waals surface area contributed by atoms with Gasteiger partial charge in [0.15, 0.2) is 0 Å². The van der Waals surface area contributed by atoms with E-state index in [1.54, 1.807) is 7.05 Å². The Hall–Kier alpha value is -0.900. The van der Waals surface area contributed by atoms with Crippen LogP contribution in [0.2, 0.25) is 0 Å². The highest BCUT2D eigenvalue weighted by molar-refractivity contribution is 5.16. The SMILES string of the molecule is CNC[C@@H](O)[C@@H](N)Cc1ccccc1. The van der Waals surface area contributed by atoms with Gasteiger partial charge < -0.3 is 16.2 Å². The molecule has 1 aromatic carbocycles. The zero-order valence-electron chi connectivity index (χ0n) is 8.48. The standard InChI is InChI=1S/C11H18N2O/c1-13-8-11(14)10(12)7-9-5-3-2-4-6-9/h2-6,10-11,13-14H,7-8,12H2,1H3/t10-,11+/m0/s1. The Labute approximate surface area is 84.9 Å². The predicted octanol–water partition coefficient (Wildman–Crippen LogP) is 0.137. The van der Waals surface area contributed by atoms with Gasteiger partial charge in [0.25, 0.3) is 0 Å². The molecule has 0 saturated heterocycles. The van der Waals surface area contributed by atoms with Crippen LogP contribution < -0.4 is 11.1 Å². The number of rotatable bonds is 5. The van der Waals surface area contributed by atoms with Gasteiger partial charge in [0.2, 0.25) is 0 Å². The van der Waals surface area contributed by atoms with Crippen LogP contribution in [-0.4, -0.2) is 30.8 Å². The fourth-order valence-electron chi connectivity index (χ4n) is 1.38. The molecule has 4 N–H and O–H groups in total. The molecule has 0 unspecified atom stereocenters. The lowest BCUT2D eigenvalue weighted by Gasteiger charge is -2.18. The summed E-state index contributed by atoms with van der Waals surface area (Å²) < 4.78 is 0. The first-order valence-electron chi connectivity index (χ1n) is 4.86. The summed E-state index contributed by atoms with van der Waals surface area (Å²) >= 11 is 0. The predicted molar refractivity (Wildman–Crippen MR) is 58.1 cm³/mol. The van der Waals surface area contributed by atoms with Gasteiger partial charge in [0, 0.05) is 12.6 Å². The quantitative estimate of drug-likeness (QED) is 0.625. The Morgan fingerprint density at radius 1 is 1.36 bits per heavy atom. The van der Waals surface area contributed by atoms with Crippen LogP contribution >= 0.6 is 0 Å². The zero-order valence-corrected chi connectivity index (χ0v) is 8.48. The van der Waals surface area contributed by atoms with Crippen LogP contribution in [0, 0.1) is 0 Å². The minimum atomic E-state index is -0.486. The first-order valence-corrected chi connectivity index (χ1v) is 4.86. The summed E-state index contributed by atoms with van der Waals surface area (Å²) in [5.74, 6) is 0. The van der Waals surface area contributed by atoms with E-state index in [9.17, 15) is 5.11 Å². The highest BCUT2D eigenvalue weighted by Crippen LogP contribution is 2.03. The Morgan fingerprint density at radius 2 is 2.00 bits per heavy atom. The summed E-state index contributed by atoms with van der Waals surface area (Å²) in [6, 6.07) is 9.76. The van der Waals surface area contributed by atoms with Gasteiger partial charge >= 0.3 is 0 Å². The van der Waals surface area contributed by atoms with Gasteiger partial charge in [-0.2, -0.15) is 0 Å². The van der Waals surface area contributed by atoms with Crippen LogP contribution in [0.4, 0.5) is 0 Å². The summed E-state index contributed by atoms with van der Waals surface area (Å²) in [5.41, 5.74) is 7.01. The molecule has 0 aliphatic rings. The van der Waals surface area contributed by atoms with Gasteiger partial charge in [-0.3, -0.25) is 0 Å². The Kier molecular flexibility index (Phi) is 4.59. The van der Waals surface area contributed by atoms with Gasteiger partial charge in [0.1, 0.15) is 0 Å². The number of nitrogens with two attached hydrogens (primary N) is 1. The van der Waals surface area contributed by atoms with Crippen molar-refractivity contribution in [3.8, 4) is 0 Å². The van der Waals surface area contributed by atoms with Crippen LogP contribution in [-0.2, 0) is 6.42 Å². The Bertz CT molecular complexity index is 251. The number of nitrogens with one attached hydrogen (secondary N) is 1. The summed E-state index contributed by atoms with van der Waals surface area (Å²) in [7, 11) is 1.80. The van der Waals surface area contributed by atoms with E-state index in [4.69, 9.17) is 5.73 Å². The van der Waals surface area contributed by atoms with E-state index in [2.05, 4.69) is 5.32 Å². The molecule has 0 heterocycles. The van der Waals surface area contributed by atoms with Crippen molar-refractivity contribution in [3.05, 3.63) is 35.9 Å². The number of likely N-dealkylation sites (N-methyl/N-ethyl adjacent to an activating group) is 1. The number of hydrogen-bond acceptors (Lipinski definition) is 3. The first-order chi connectivity index (χ1) is 6.74. The van der Waals surface area contributed by atoms with E-state index in [1.807, 2.05) is 30.3 Å². The Balaban J connectivity index is 2.44. The van der Waals surface area contributed by atoms with Crippen molar-refractivity contribution >= 4 is 0 Å². The zero-order chi connectivity index (χ0) is 10.4. The second-order valence-corrected chi connectivity index (χ2v) is 3.48. The van der Waals surface area contributed by atoms with Crippen LogP contribution in [0.3, 0.4) is 0 Å². The summed E-state index contributed by atoms with van der Waals surface area (Å²) in [6.45, 7) is 0.536. The maximum absolute atomic E-state index is 9.59. The molecule has 3 heteroatoms. The van der Waals surface area contributed by atoms with Crippen molar-refractivity contribution in [2.75, 3.05) is 13.6 Å².